The lowest BCUT2D eigenvalue weighted by Crippen LogP contribution is -2.61. The molecule has 1 atom stereocenters. The van der Waals surface area contributed by atoms with Gasteiger partial charge in [0.05, 0.1) is 15.6 Å². The highest BCUT2D eigenvalue weighted by Crippen LogP contribution is 2.31. The van der Waals surface area contributed by atoms with Crippen molar-refractivity contribution in [2.24, 2.45) is 0 Å². The van der Waals surface area contributed by atoms with Crippen LogP contribution in [0.2, 0.25) is 10.0 Å². The van der Waals surface area contributed by atoms with Crippen LogP contribution in [0, 0.1) is 5.82 Å². The molecule has 1 rings (SSSR count). The van der Waals surface area contributed by atoms with Gasteiger partial charge >= 0.3 is 12.1 Å². The van der Waals surface area contributed by atoms with Gasteiger partial charge in [-0.3, -0.25) is 4.79 Å². The fraction of sp³-hybridized carbons (Fsp3) is 0.273. The standard InChI is InChI=1S/C11H7Cl2F4NO3/c1-10(9(20)21,11(15,16)17)18-8(19)4-2-7(14)6(13)3-5(4)12/h2-3H,1H3,(H,18,19)(H,20,21). The van der Waals surface area contributed by atoms with Gasteiger partial charge in [0.1, 0.15) is 5.82 Å². The maximum atomic E-state index is 13.2. The van der Waals surface area contributed by atoms with Crippen molar-refractivity contribution in [3.63, 3.8) is 0 Å². The molecule has 4 nitrogen and oxygen atoms in total. The van der Waals surface area contributed by atoms with Crippen molar-refractivity contribution in [3.8, 4) is 0 Å². The number of benzene rings is 1. The Bertz CT molecular complexity index is 606. The molecule has 1 amide bonds. The molecule has 1 unspecified atom stereocenters. The van der Waals surface area contributed by atoms with Gasteiger partial charge in [0.2, 0.25) is 5.54 Å². The lowest BCUT2D eigenvalue weighted by molar-refractivity contribution is -0.203. The molecule has 0 aliphatic carbocycles. The number of alkyl halides is 3. The number of aliphatic carboxylic acids is 1. The Morgan fingerprint density at radius 2 is 1.71 bits per heavy atom. The molecule has 2 N–H and O–H groups in total. The van der Waals surface area contributed by atoms with E-state index in [9.17, 15) is 27.2 Å². The number of nitrogens with one attached hydrogen (secondary N) is 1. The Morgan fingerprint density at radius 3 is 2.14 bits per heavy atom. The molecule has 0 aliphatic heterocycles. The first kappa shape index (κ1) is 17.5. The normalized spacial score (nSPS) is 14.4. The number of carbonyl (C=O) groups is 2. The largest absolute Gasteiger partial charge is 0.479 e. The maximum Gasteiger partial charge on any atom is 0.422 e. The van der Waals surface area contributed by atoms with Crippen LogP contribution in [-0.2, 0) is 4.79 Å². The highest BCUT2D eigenvalue weighted by molar-refractivity contribution is 6.36. The van der Waals surface area contributed by atoms with E-state index in [0.29, 0.717) is 6.07 Å². The van der Waals surface area contributed by atoms with Crippen LogP contribution < -0.4 is 5.32 Å². The highest BCUT2D eigenvalue weighted by Gasteiger charge is 2.58. The minimum atomic E-state index is -5.27. The molecule has 0 saturated heterocycles. The molecule has 0 saturated carbocycles. The second kappa shape index (κ2) is 5.69. The van der Waals surface area contributed by atoms with E-state index in [1.807, 2.05) is 0 Å². The van der Waals surface area contributed by atoms with Gasteiger partial charge in [0.15, 0.2) is 0 Å². The van der Waals surface area contributed by atoms with Crippen molar-refractivity contribution in [1.29, 1.82) is 0 Å². The molecule has 0 aliphatic rings. The summed E-state index contributed by atoms with van der Waals surface area (Å²) in [6, 6.07) is 1.33. The molecule has 0 radical (unpaired) electrons. The summed E-state index contributed by atoms with van der Waals surface area (Å²) in [5.74, 6) is -4.91. The smallest absolute Gasteiger partial charge is 0.422 e. The third kappa shape index (κ3) is 3.38. The zero-order chi connectivity index (χ0) is 16.6. The van der Waals surface area contributed by atoms with Crippen LogP contribution >= 0.6 is 23.2 Å². The summed E-state index contributed by atoms with van der Waals surface area (Å²) in [6.45, 7) is 0.257. The van der Waals surface area contributed by atoms with E-state index in [0.717, 1.165) is 6.07 Å². The topological polar surface area (TPSA) is 66.4 Å². The number of carboxylic acid groups (broad SMARTS) is 1. The predicted octanol–water partition coefficient (Wildman–Crippen LogP) is 3.27. The zero-order valence-electron chi connectivity index (χ0n) is 10.2. The number of hydrogen-bond donors (Lipinski definition) is 2. The average molecular weight is 348 g/mol. The summed E-state index contributed by atoms with van der Waals surface area (Å²) < 4.78 is 51.5. The molecule has 0 bridgehead atoms. The summed E-state index contributed by atoms with van der Waals surface area (Å²) in [5, 5.41) is 9.09. The zero-order valence-corrected chi connectivity index (χ0v) is 11.7. The fourth-order valence-electron chi connectivity index (χ4n) is 1.24. The lowest BCUT2D eigenvalue weighted by atomic mass is 10.0. The van der Waals surface area contributed by atoms with Gasteiger partial charge in [-0.2, -0.15) is 13.2 Å². The van der Waals surface area contributed by atoms with Gasteiger partial charge in [-0.05, 0) is 19.1 Å². The van der Waals surface area contributed by atoms with Crippen LogP contribution in [0.3, 0.4) is 0 Å². The average Bonchev–Trinajstić information content (AvgIpc) is 2.31. The molecular weight excluding hydrogens is 341 g/mol. The number of carboxylic acids is 1. The van der Waals surface area contributed by atoms with Gasteiger partial charge in [-0.25, -0.2) is 9.18 Å². The molecule has 0 fully saturated rings. The van der Waals surface area contributed by atoms with Gasteiger partial charge < -0.3 is 10.4 Å². The van der Waals surface area contributed by atoms with Crippen molar-refractivity contribution < 1.29 is 32.3 Å². The van der Waals surface area contributed by atoms with Crippen LogP contribution in [0.5, 0.6) is 0 Å². The summed E-state index contributed by atoms with van der Waals surface area (Å²) in [6.07, 6.45) is -5.27. The molecular formula is C11H7Cl2F4NO3. The molecule has 1 aromatic carbocycles. The minimum absolute atomic E-state index is 0.257. The Balaban J connectivity index is 3.21. The van der Waals surface area contributed by atoms with Gasteiger partial charge in [0.25, 0.3) is 5.91 Å². The van der Waals surface area contributed by atoms with Crippen LogP contribution in [0.1, 0.15) is 17.3 Å². The van der Waals surface area contributed by atoms with E-state index >= 15 is 0 Å². The molecule has 21 heavy (non-hydrogen) atoms. The minimum Gasteiger partial charge on any atom is -0.479 e. The molecule has 0 spiro atoms. The fourth-order valence-corrected chi connectivity index (χ4v) is 1.71. The van der Waals surface area contributed by atoms with Crippen molar-refractivity contribution in [2.75, 3.05) is 0 Å². The molecule has 10 heteroatoms. The van der Waals surface area contributed by atoms with E-state index in [1.165, 1.54) is 5.32 Å². The van der Waals surface area contributed by atoms with Crippen LogP contribution in [-0.4, -0.2) is 28.7 Å². The van der Waals surface area contributed by atoms with E-state index in [-0.39, 0.29) is 6.92 Å². The molecule has 116 valence electrons. The monoisotopic (exact) mass is 347 g/mol. The Labute approximate surface area is 125 Å². The third-order valence-electron chi connectivity index (χ3n) is 2.61. The summed E-state index contributed by atoms with van der Waals surface area (Å²) >= 11 is 11.0. The van der Waals surface area contributed by atoms with E-state index in [1.54, 1.807) is 0 Å². The van der Waals surface area contributed by atoms with Crippen molar-refractivity contribution in [2.45, 2.75) is 18.6 Å². The molecule has 0 aromatic heterocycles. The van der Waals surface area contributed by atoms with Crippen LogP contribution in [0.25, 0.3) is 0 Å². The first-order valence-corrected chi connectivity index (χ1v) is 5.93. The quantitative estimate of drug-likeness (QED) is 0.651. The van der Waals surface area contributed by atoms with Crippen molar-refractivity contribution in [3.05, 3.63) is 33.6 Å². The number of carbonyl (C=O) groups excluding carboxylic acids is 1. The number of halogens is 6. The summed E-state index contributed by atoms with van der Waals surface area (Å²) in [5.41, 5.74) is -4.22. The van der Waals surface area contributed by atoms with E-state index in [2.05, 4.69) is 0 Å². The van der Waals surface area contributed by atoms with Crippen molar-refractivity contribution >= 4 is 35.1 Å². The van der Waals surface area contributed by atoms with E-state index < -0.39 is 45.0 Å². The van der Waals surface area contributed by atoms with Gasteiger partial charge in [-0.1, -0.05) is 23.2 Å². The first-order chi connectivity index (χ1) is 9.40. The first-order valence-electron chi connectivity index (χ1n) is 5.17. The molecule has 1 aromatic rings. The second-order valence-corrected chi connectivity index (χ2v) is 4.94. The maximum absolute atomic E-state index is 13.2. The van der Waals surface area contributed by atoms with Crippen molar-refractivity contribution in [1.82, 2.24) is 5.32 Å². The second-order valence-electron chi connectivity index (χ2n) is 4.13. The third-order valence-corrected chi connectivity index (χ3v) is 3.22. The molecule has 0 heterocycles. The predicted molar refractivity (Wildman–Crippen MR) is 66.0 cm³/mol. The number of hydrogen-bond acceptors (Lipinski definition) is 2. The number of rotatable bonds is 3. The van der Waals surface area contributed by atoms with Crippen LogP contribution in [0.4, 0.5) is 17.6 Å². The lowest BCUT2D eigenvalue weighted by Gasteiger charge is -2.28. The highest BCUT2D eigenvalue weighted by atomic mass is 35.5. The van der Waals surface area contributed by atoms with Crippen LogP contribution in [0.15, 0.2) is 12.1 Å². The Hall–Kier alpha value is -1.54. The number of amides is 1. The van der Waals surface area contributed by atoms with Gasteiger partial charge in [0, 0.05) is 0 Å². The van der Waals surface area contributed by atoms with Gasteiger partial charge in [-0.15, -0.1) is 0 Å². The Morgan fingerprint density at radius 1 is 1.19 bits per heavy atom. The Kier molecular flexibility index (Phi) is 4.74. The summed E-state index contributed by atoms with van der Waals surface area (Å²) in [7, 11) is 0. The van der Waals surface area contributed by atoms with E-state index in [4.69, 9.17) is 28.3 Å². The summed E-state index contributed by atoms with van der Waals surface area (Å²) in [4.78, 5) is 22.5. The SMILES string of the molecule is CC(NC(=O)c1cc(F)c(Cl)cc1Cl)(C(=O)O)C(F)(F)F.